The minimum absolute atomic E-state index is 0.0205. The fourth-order valence-electron chi connectivity index (χ4n) is 1.31. The lowest BCUT2D eigenvalue weighted by Gasteiger charge is -2.09. The molecule has 1 rings (SSSR count). The van der Waals surface area contributed by atoms with Crippen molar-refractivity contribution in [2.24, 2.45) is 0 Å². The van der Waals surface area contributed by atoms with Crippen LogP contribution >= 0.6 is 11.8 Å². The van der Waals surface area contributed by atoms with E-state index in [0.29, 0.717) is 29.4 Å². The molecule has 0 atom stereocenters. The Balaban J connectivity index is 2.35. The number of hydrogen-bond donors (Lipinski definition) is 0. The van der Waals surface area contributed by atoms with Crippen LogP contribution in [0.1, 0.15) is 17.3 Å². The summed E-state index contributed by atoms with van der Waals surface area (Å²) in [6.07, 6.45) is 0. The number of carbonyl (C=O) groups is 2. The first-order valence-corrected chi connectivity index (χ1v) is 6.68. The molecule has 0 unspecified atom stereocenters. The average molecular weight is 268 g/mol. The monoisotopic (exact) mass is 268 g/mol. The van der Waals surface area contributed by atoms with Gasteiger partial charge in [-0.25, -0.2) is 0 Å². The van der Waals surface area contributed by atoms with Gasteiger partial charge in [0.1, 0.15) is 5.75 Å². The minimum atomic E-state index is -0.246. The molecule has 0 N–H and O–H groups in total. The SMILES string of the molecule is COC(=O)CSCCOc1ccccc1C(C)=O. The number of thioether (sulfide) groups is 1. The maximum Gasteiger partial charge on any atom is 0.315 e. The molecule has 0 aliphatic carbocycles. The Labute approximate surface area is 111 Å². The molecule has 0 aromatic heterocycles. The van der Waals surface area contributed by atoms with Crippen molar-refractivity contribution in [3.63, 3.8) is 0 Å². The summed E-state index contributed by atoms with van der Waals surface area (Å²) >= 11 is 1.43. The van der Waals surface area contributed by atoms with Crippen molar-refractivity contribution in [2.45, 2.75) is 6.92 Å². The largest absolute Gasteiger partial charge is 0.492 e. The van der Waals surface area contributed by atoms with Crippen LogP contribution in [0.3, 0.4) is 0 Å². The van der Waals surface area contributed by atoms with E-state index in [9.17, 15) is 9.59 Å². The summed E-state index contributed by atoms with van der Waals surface area (Å²) < 4.78 is 10.0. The summed E-state index contributed by atoms with van der Waals surface area (Å²) in [6, 6.07) is 7.12. The first kappa shape index (κ1) is 14.6. The van der Waals surface area contributed by atoms with E-state index in [4.69, 9.17) is 4.74 Å². The van der Waals surface area contributed by atoms with Crippen LogP contribution in [0.15, 0.2) is 24.3 Å². The lowest BCUT2D eigenvalue weighted by atomic mass is 10.1. The number of ketones is 1. The van der Waals surface area contributed by atoms with Gasteiger partial charge in [-0.1, -0.05) is 12.1 Å². The molecule has 0 fully saturated rings. The molecule has 0 heterocycles. The van der Waals surface area contributed by atoms with E-state index < -0.39 is 0 Å². The van der Waals surface area contributed by atoms with Crippen molar-refractivity contribution >= 4 is 23.5 Å². The Morgan fingerprint density at radius 1 is 1.28 bits per heavy atom. The molecule has 0 saturated heterocycles. The van der Waals surface area contributed by atoms with Crippen molar-refractivity contribution in [1.29, 1.82) is 0 Å². The highest BCUT2D eigenvalue weighted by molar-refractivity contribution is 7.99. The highest BCUT2D eigenvalue weighted by Crippen LogP contribution is 2.18. The van der Waals surface area contributed by atoms with Crippen LogP contribution in [0.2, 0.25) is 0 Å². The zero-order valence-electron chi connectivity index (χ0n) is 10.5. The van der Waals surface area contributed by atoms with E-state index in [2.05, 4.69) is 4.74 Å². The molecule has 18 heavy (non-hydrogen) atoms. The van der Waals surface area contributed by atoms with E-state index in [1.807, 2.05) is 6.07 Å². The standard InChI is InChI=1S/C13H16O4S/c1-10(14)11-5-3-4-6-12(11)17-7-8-18-9-13(15)16-2/h3-6H,7-9H2,1-2H3. The minimum Gasteiger partial charge on any atom is -0.492 e. The predicted molar refractivity (Wildman–Crippen MR) is 71.3 cm³/mol. The van der Waals surface area contributed by atoms with Gasteiger partial charge in [0, 0.05) is 5.75 Å². The first-order chi connectivity index (χ1) is 8.65. The number of rotatable bonds is 7. The van der Waals surface area contributed by atoms with Crippen molar-refractivity contribution in [1.82, 2.24) is 0 Å². The number of ether oxygens (including phenoxy) is 2. The van der Waals surface area contributed by atoms with Crippen molar-refractivity contribution in [3.05, 3.63) is 29.8 Å². The summed E-state index contributed by atoms with van der Waals surface area (Å²) in [5.41, 5.74) is 0.579. The first-order valence-electron chi connectivity index (χ1n) is 5.52. The number of esters is 1. The molecule has 0 spiro atoms. The second kappa shape index (κ2) is 7.76. The molecule has 4 nitrogen and oxygen atoms in total. The van der Waals surface area contributed by atoms with Gasteiger partial charge in [0.25, 0.3) is 0 Å². The van der Waals surface area contributed by atoms with E-state index in [-0.39, 0.29) is 11.8 Å². The zero-order valence-corrected chi connectivity index (χ0v) is 11.3. The Morgan fingerprint density at radius 2 is 2.00 bits per heavy atom. The topological polar surface area (TPSA) is 52.6 Å². The summed E-state index contributed by atoms with van der Waals surface area (Å²) in [4.78, 5) is 22.2. The molecule has 98 valence electrons. The maximum absolute atomic E-state index is 11.3. The number of carbonyl (C=O) groups excluding carboxylic acids is 2. The maximum atomic E-state index is 11.3. The predicted octanol–water partition coefficient (Wildman–Crippen LogP) is 2.17. The van der Waals surface area contributed by atoms with Crippen LogP contribution in [0.4, 0.5) is 0 Å². The third-order valence-electron chi connectivity index (χ3n) is 2.20. The normalized spacial score (nSPS) is 9.89. The lowest BCUT2D eigenvalue weighted by Crippen LogP contribution is -2.08. The Morgan fingerprint density at radius 3 is 2.67 bits per heavy atom. The van der Waals surface area contributed by atoms with Crippen molar-refractivity contribution in [3.8, 4) is 5.75 Å². The summed E-state index contributed by atoms with van der Waals surface area (Å²) in [6.45, 7) is 1.96. The Hall–Kier alpha value is -1.49. The number of Topliss-reactive ketones (excluding diaryl/α,β-unsaturated/α-hetero) is 1. The molecule has 1 aromatic carbocycles. The number of para-hydroxylation sites is 1. The fraction of sp³-hybridized carbons (Fsp3) is 0.385. The highest BCUT2D eigenvalue weighted by Gasteiger charge is 2.07. The Kier molecular flexibility index (Phi) is 6.28. The van der Waals surface area contributed by atoms with Crippen LogP contribution in [0, 0.1) is 0 Å². The van der Waals surface area contributed by atoms with E-state index >= 15 is 0 Å². The summed E-state index contributed by atoms with van der Waals surface area (Å²) in [5, 5.41) is 0. The van der Waals surface area contributed by atoms with E-state index in [1.54, 1.807) is 18.2 Å². The van der Waals surface area contributed by atoms with Gasteiger partial charge in [-0.05, 0) is 19.1 Å². The van der Waals surface area contributed by atoms with Gasteiger partial charge in [-0.15, -0.1) is 11.8 Å². The second-order valence-corrected chi connectivity index (χ2v) is 4.63. The molecule has 5 heteroatoms. The molecule has 0 amide bonds. The number of methoxy groups -OCH3 is 1. The molecule has 0 radical (unpaired) electrons. The zero-order chi connectivity index (χ0) is 13.4. The molecular formula is C13H16O4S. The van der Waals surface area contributed by atoms with Gasteiger partial charge in [0.05, 0.1) is 25.0 Å². The van der Waals surface area contributed by atoms with Gasteiger partial charge in [0.2, 0.25) is 0 Å². The van der Waals surface area contributed by atoms with Crippen LogP contribution in [0.5, 0.6) is 5.75 Å². The van der Waals surface area contributed by atoms with Gasteiger partial charge < -0.3 is 9.47 Å². The quantitative estimate of drug-likeness (QED) is 0.431. The van der Waals surface area contributed by atoms with Gasteiger partial charge in [0.15, 0.2) is 5.78 Å². The van der Waals surface area contributed by atoms with Crippen LogP contribution in [-0.2, 0) is 9.53 Å². The van der Waals surface area contributed by atoms with Crippen molar-refractivity contribution in [2.75, 3.05) is 25.2 Å². The third kappa shape index (κ3) is 4.79. The van der Waals surface area contributed by atoms with Crippen molar-refractivity contribution < 1.29 is 19.1 Å². The average Bonchev–Trinajstić information content (AvgIpc) is 2.38. The smallest absolute Gasteiger partial charge is 0.315 e. The molecule has 0 bridgehead atoms. The van der Waals surface area contributed by atoms with Gasteiger partial charge in [-0.3, -0.25) is 9.59 Å². The highest BCUT2D eigenvalue weighted by atomic mass is 32.2. The van der Waals surface area contributed by atoms with E-state index in [0.717, 1.165) is 0 Å². The summed E-state index contributed by atoms with van der Waals surface area (Å²) in [5.74, 6) is 1.30. The lowest BCUT2D eigenvalue weighted by molar-refractivity contribution is -0.137. The fourth-order valence-corrected chi connectivity index (χ4v) is 1.94. The second-order valence-electron chi connectivity index (χ2n) is 3.53. The molecular weight excluding hydrogens is 252 g/mol. The number of hydrogen-bond acceptors (Lipinski definition) is 5. The molecule has 0 saturated carbocycles. The number of benzene rings is 1. The van der Waals surface area contributed by atoms with Gasteiger partial charge >= 0.3 is 5.97 Å². The summed E-state index contributed by atoms with van der Waals surface area (Å²) in [7, 11) is 1.36. The van der Waals surface area contributed by atoms with Crippen LogP contribution in [0.25, 0.3) is 0 Å². The van der Waals surface area contributed by atoms with Crippen LogP contribution < -0.4 is 4.74 Å². The molecule has 1 aromatic rings. The van der Waals surface area contributed by atoms with Gasteiger partial charge in [-0.2, -0.15) is 0 Å². The van der Waals surface area contributed by atoms with E-state index in [1.165, 1.54) is 25.8 Å². The molecule has 0 aliphatic heterocycles. The Bertz CT molecular complexity index is 417. The molecule has 0 aliphatic rings. The third-order valence-corrected chi connectivity index (χ3v) is 3.09. The van der Waals surface area contributed by atoms with Crippen LogP contribution in [-0.4, -0.2) is 37.0 Å².